The number of aryl methyl sites for hydroxylation is 1. The van der Waals surface area contributed by atoms with Crippen molar-refractivity contribution in [3.63, 3.8) is 0 Å². The van der Waals surface area contributed by atoms with E-state index >= 15 is 0 Å². The lowest BCUT2D eigenvalue weighted by molar-refractivity contribution is 0.103. The molecule has 0 amide bonds. The molecule has 0 unspecified atom stereocenters. The molecule has 1 heterocycles. The van der Waals surface area contributed by atoms with Crippen molar-refractivity contribution in [1.29, 1.82) is 0 Å². The van der Waals surface area contributed by atoms with Gasteiger partial charge < -0.3 is 15.6 Å². The fourth-order valence-electron chi connectivity index (χ4n) is 0.988. The van der Waals surface area contributed by atoms with Crippen LogP contribution in [-0.2, 0) is 4.74 Å². The summed E-state index contributed by atoms with van der Waals surface area (Å²) >= 11 is 1.49. The number of aliphatic hydroxyl groups is 1. The van der Waals surface area contributed by atoms with E-state index in [4.69, 9.17) is 15.6 Å². The van der Waals surface area contributed by atoms with E-state index in [0.29, 0.717) is 24.2 Å². The number of anilines is 1. The van der Waals surface area contributed by atoms with Crippen molar-refractivity contribution in [3.05, 3.63) is 11.8 Å². The van der Waals surface area contributed by atoms with Gasteiger partial charge in [0.25, 0.3) is 0 Å². The number of thioether (sulfide) groups is 1. The van der Waals surface area contributed by atoms with Gasteiger partial charge in [0.1, 0.15) is 5.82 Å². The molecule has 0 fully saturated rings. The first-order valence-electron chi connectivity index (χ1n) is 4.65. The first kappa shape index (κ1) is 12.2. The van der Waals surface area contributed by atoms with E-state index in [0.717, 1.165) is 11.4 Å². The van der Waals surface area contributed by atoms with Crippen LogP contribution in [0.5, 0.6) is 0 Å². The van der Waals surface area contributed by atoms with Crippen LogP contribution in [0.25, 0.3) is 0 Å². The van der Waals surface area contributed by atoms with Gasteiger partial charge in [-0.05, 0) is 6.92 Å². The molecule has 6 heteroatoms. The van der Waals surface area contributed by atoms with Crippen molar-refractivity contribution < 1.29 is 9.84 Å². The molecule has 0 atom stereocenters. The molecular weight excluding hydrogens is 214 g/mol. The highest BCUT2D eigenvalue weighted by Crippen LogP contribution is 2.14. The van der Waals surface area contributed by atoms with Gasteiger partial charge in [-0.3, -0.25) is 0 Å². The highest BCUT2D eigenvalue weighted by Gasteiger charge is 2.00. The molecule has 1 aromatic heterocycles. The second kappa shape index (κ2) is 6.60. The Labute approximate surface area is 93.1 Å². The monoisotopic (exact) mass is 229 g/mol. The van der Waals surface area contributed by atoms with Gasteiger partial charge in [0, 0.05) is 17.5 Å². The maximum Gasteiger partial charge on any atom is 0.189 e. The average Bonchev–Trinajstić information content (AvgIpc) is 2.16. The number of nitrogen functional groups attached to an aromatic ring is 1. The molecular formula is C9H15N3O2S. The normalized spacial score (nSPS) is 10.5. The SMILES string of the molecule is Cc1cc(N)nc(SCCOCCO)n1. The zero-order chi connectivity index (χ0) is 11.1. The molecule has 0 saturated heterocycles. The molecule has 0 aliphatic heterocycles. The van der Waals surface area contributed by atoms with Crippen LogP contribution in [-0.4, -0.2) is 40.6 Å². The minimum absolute atomic E-state index is 0.0541. The van der Waals surface area contributed by atoms with E-state index in [1.54, 1.807) is 6.07 Å². The number of ether oxygens (including phenoxy) is 1. The topological polar surface area (TPSA) is 81.3 Å². The van der Waals surface area contributed by atoms with E-state index in [2.05, 4.69) is 9.97 Å². The molecule has 0 aromatic carbocycles. The highest BCUT2D eigenvalue weighted by atomic mass is 32.2. The van der Waals surface area contributed by atoms with Crippen molar-refractivity contribution in [2.24, 2.45) is 0 Å². The van der Waals surface area contributed by atoms with Crippen LogP contribution >= 0.6 is 11.8 Å². The van der Waals surface area contributed by atoms with Gasteiger partial charge in [0.05, 0.1) is 19.8 Å². The fraction of sp³-hybridized carbons (Fsp3) is 0.556. The summed E-state index contributed by atoms with van der Waals surface area (Å²) in [5.41, 5.74) is 6.44. The Morgan fingerprint density at radius 1 is 1.47 bits per heavy atom. The molecule has 5 nitrogen and oxygen atoms in total. The van der Waals surface area contributed by atoms with Crippen LogP contribution in [0.1, 0.15) is 5.69 Å². The van der Waals surface area contributed by atoms with E-state index in [9.17, 15) is 0 Å². The lowest BCUT2D eigenvalue weighted by atomic mass is 10.4. The first-order chi connectivity index (χ1) is 7.22. The number of hydrogen-bond donors (Lipinski definition) is 2. The van der Waals surface area contributed by atoms with E-state index in [1.807, 2.05) is 6.92 Å². The number of nitrogens with zero attached hydrogens (tertiary/aromatic N) is 2. The second-order valence-corrected chi connectivity index (χ2v) is 3.96. The summed E-state index contributed by atoms with van der Waals surface area (Å²) in [6, 6.07) is 1.73. The van der Waals surface area contributed by atoms with Crippen LogP contribution in [0.4, 0.5) is 5.82 Å². The molecule has 0 aliphatic carbocycles. The lowest BCUT2D eigenvalue weighted by Gasteiger charge is -2.03. The van der Waals surface area contributed by atoms with Crippen molar-refractivity contribution >= 4 is 17.6 Å². The highest BCUT2D eigenvalue weighted by molar-refractivity contribution is 7.99. The van der Waals surface area contributed by atoms with Crippen molar-refractivity contribution in [2.45, 2.75) is 12.1 Å². The summed E-state index contributed by atoms with van der Waals surface area (Å²) in [5, 5.41) is 9.15. The molecule has 0 radical (unpaired) electrons. The number of hydrogen-bond acceptors (Lipinski definition) is 6. The molecule has 1 rings (SSSR count). The first-order valence-corrected chi connectivity index (χ1v) is 5.63. The maximum absolute atomic E-state index is 8.48. The van der Waals surface area contributed by atoms with Crippen LogP contribution in [0.15, 0.2) is 11.2 Å². The minimum atomic E-state index is 0.0541. The van der Waals surface area contributed by atoms with Gasteiger partial charge in [0.2, 0.25) is 0 Å². The van der Waals surface area contributed by atoms with Crippen LogP contribution < -0.4 is 5.73 Å². The fourth-order valence-corrected chi connectivity index (χ4v) is 1.75. The second-order valence-electron chi connectivity index (χ2n) is 2.90. The third kappa shape index (κ3) is 4.96. The molecule has 0 aliphatic rings. The number of aliphatic hydroxyl groups excluding tert-OH is 1. The van der Waals surface area contributed by atoms with Gasteiger partial charge in [-0.1, -0.05) is 11.8 Å². The molecule has 0 spiro atoms. The smallest absolute Gasteiger partial charge is 0.189 e. The molecule has 3 N–H and O–H groups in total. The minimum Gasteiger partial charge on any atom is -0.394 e. The zero-order valence-corrected chi connectivity index (χ0v) is 9.46. The Morgan fingerprint density at radius 3 is 2.93 bits per heavy atom. The number of rotatable bonds is 6. The van der Waals surface area contributed by atoms with Gasteiger partial charge in [0.15, 0.2) is 5.16 Å². The molecule has 84 valence electrons. The molecule has 1 aromatic rings. The Morgan fingerprint density at radius 2 is 2.27 bits per heavy atom. The molecule has 15 heavy (non-hydrogen) atoms. The quantitative estimate of drug-likeness (QED) is 0.419. The van der Waals surface area contributed by atoms with Crippen LogP contribution in [0.3, 0.4) is 0 Å². The van der Waals surface area contributed by atoms with Crippen molar-refractivity contribution in [2.75, 3.05) is 31.3 Å². The van der Waals surface area contributed by atoms with E-state index in [-0.39, 0.29) is 6.61 Å². The number of aromatic nitrogens is 2. The lowest BCUT2D eigenvalue weighted by Crippen LogP contribution is -2.03. The van der Waals surface area contributed by atoms with E-state index < -0.39 is 0 Å². The predicted octanol–water partition coefficient (Wildman–Crippen LogP) is 0.468. The predicted molar refractivity (Wildman–Crippen MR) is 59.8 cm³/mol. The Bertz CT molecular complexity index is 289. The van der Waals surface area contributed by atoms with Crippen LogP contribution in [0.2, 0.25) is 0 Å². The van der Waals surface area contributed by atoms with Gasteiger partial charge in [-0.25, -0.2) is 9.97 Å². The average molecular weight is 229 g/mol. The van der Waals surface area contributed by atoms with Gasteiger partial charge in [-0.15, -0.1) is 0 Å². The number of nitrogens with two attached hydrogens (primary N) is 1. The third-order valence-corrected chi connectivity index (χ3v) is 2.36. The molecule has 0 bridgehead atoms. The summed E-state index contributed by atoms with van der Waals surface area (Å²) < 4.78 is 5.11. The summed E-state index contributed by atoms with van der Waals surface area (Å²) in [7, 11) is 0. The largest absolute Gasteiger partial charge is 0.394 e. The van der Waals surface area contributed by atoms with Gasteiger partial charge in [-0.2, -0.15) is 0 Å². The Balaban J connectivity index is 2.31. The summed E-state index contributed by atoms with van der Waals surface area (Å²) in [4.78, 5) is 8.30. The van der Waals surface area contributed by atoms with Crippen molar-refractivity contribution in [3.8, 4) is 0 Å². The Hall–Kier alpha value is -0.850. The Kier molecular flexibility index (Phi) is 5.38. The van der Waals surface area contributed by atoms with Crippen LogP contribution in [0, 0.1) is 6.92 Å². The summed E-state index contributed by atoms with van der Waals surface area (Å²) in [5.74, 6) is 1.24. The standard InChI is InChI=1S/C9H15N3O2S/c1-7-6-8(10)12-9(11-7)15-5-4-14-3-2-13/h6,13H,2-5H2,1H3,(H2,10,11,12). The zero-order valence-electron chi connectivity index (χ0n) is 8.64. The third-order valence-electron chi connectivity index (χ3n) is 1.55. The summed E-state index contributed by atoms with van der Waals surface area (Å²) in [6.45, 7) is 2.88. The molecule has 0 saturated carbocycles. The van der Waals surface area contributed by atoms with Gasteiger partial charge >= 0.3 is 0 Å². The maximum atomic E-state index is 8.48. The van der Waals surface area contributed by atoms with E-state index in [1.165, 1.54) is 11.8 Å². The summed E-state index contributed by atoms with van der Waals surface area (Å²) in [6.07, 6.45) is 0. The van der Waals surface area contributed by atoms with Crippen molar-refractivity contribution in [1.82, 2.24) is 9.97 Å².